The Balaban J connectivity index is 2.69. The second-order valence-corrected chi connectivity index (χ2v) is 3.11. The molecular weight excluding hydrogens is 199 g/mol. The molecule has 0 aliphatic heterocycles. The third-order valence-corrected chi connectivity index (χ3v) is 1.98. The lowest BCUT2D eigenvalue weighted by Crippen LogP contribution is -2.29. The fraction of sp³-hybridized carbons (Fsp3) is 0.500. The molecule has 0 fully saturated rings. The molecule has 0 aliphatic rings. The van der Waals surface area contributed by atoms with Gasteiger partial charge in [-0.15, -0.1) is 0 Å². The van der Waals surface area contributed by atoms with Gasteiger partial charge in [0.2, 0.25) is 5.95 Å². The summed E-state index contributed by atoms with van der Waals surface area (Å²) in [5.74, 6) is -0.0584. The molecule has 0 saturated heterocycles. The molecule has 0 bridgehead atoms. The van der Waals surface area contributed by atoms with Gasteiger partial charge in [-0.25, -0.2) is 4.98 Å². The van der Waals surface area contributed by atoms with E-state index in [4.69, 9.17) is 10.2 Å². The normalized spacial score (nSPS) is 10.3. The number of nitrogens with zero attached hydrogens (tertiary/aromatic N) is 2. The van der Waals surface area contributed by atoms with Crippen molar-refractivity contribution in [1.82, 2.24) is 4.98 Å². The van der Waals surface area contributed by atoms with Crippen LogP contribution in [0.2, 0.25) is 0 Å². The van der Waals surface area contributed by atoms with Crippen LogP contribution < -0.4 is 4.90 Å². The molecule has 84 valence electrons. The van der Waals surface area contributed by atoms with Gasteiger partial charge in [-0.3, -0.25) is 0 Å². The predicted octanol–water partition coefficient (Wildman–Crippen LogP) is 0.402. The highest BCUT2D eigenvalue weighted by Gasteiger charge is 2.07. The standard InChI is InChI=1S/C10H15FN2O2/c11-9-3-1-4-10(12-9)13(6-8-15)5-2-7-14/h1,3-4,14-15H,2,5-8H2. The number of hydrogen-bond donors (Lipinski definition) is 2. The van der Waals surface area contributed by atoms with Crippen molar-refractivity contribution in [2.75, 3.05) is 31.2 Å². The molecule has 0 saturated carbocycles. The van der Waals surface area contributed by atoms with E-state index in [0.717, 1.165) is 0 Å². The summed E-state index contributed by atoms with van der Waals surface area (Å²) >= 11 is 0. The first-order chi connectivity index (χ1) is 7.27. The lowest BCUT2D eigenvalue weighted by molar-refractivity contribution is 0.281. The Bertz CT molecular complexity index is 297. The number of aliphatic hydroxyl groups excluding tert-OH is 2. The van der Waals surface area contributed by atoms with Crippen molar-refractivity contribution in [2.24, 2.45) is 0 Å². The van der Waals surface area contributed by atoms with Gasteiger partial charge < -0.3 is 15.1 Å². The zero-order chi connectivity index (χ0) is 11.1. The molecule has 0 aliphatic carbocycles. The van der Waals surface area contributed by atoms with Gasteiger partial charge in [0.1, 0.15) is 5.82 Å². The van der Waals surface area contributed by atoms with Crippen LogP contribution in [-0.2, 0) is 0 Å². The van der Waals surface area contributed by atoms with E-state index in [1.165, 1.54) is 6.07 Å². The number of aliphatic hydroxyl groups is 2. The van der Waals surface area contributed by atoms with Crippen molar-refractivity contribution in [3.8, 4) is 0 Å². The Kier molecular flexibility index (Phi) is 5.00. The molecule has 1 heterocycles. The molecule has 15 heavy (non-hydrogen) atoms. The first kappa shape index (κ1) is 11.9. The van der Waals surface area contributed by atoms with E-state index < -0.39 is 5.95 Å². The Hall–Kier alpha value is -1.20. The van der Waals surface area contributed by atoms with Crippen molar-refractivity contribution in [1.29, 1.82) is 0 Å². The Morgan fingerprint density at radius 1 is 1.20 bits per heavy atom. The summed E-state index contributed by atoms with van der Waals surface area (Å²) in [6.07, 6.45) is 0.568. The third kappa shape index (κ3) is 3.81. The highest BCUT2D eigenvalue weighted by atomic mass is 19.1. The average Bonchev–Trinajstić information content (AvgIpc) is 2.24. The Morgan fingerprint density at radius 2 is 2.00 bits per heavy atom. The van der Waals surface area contributed by atoms with E-state index in [-0.39, 0.29) is 13.2 Å². The molecule has 0 radical (unpaired) electrons. The summed E-state index contributed by atoms with van der Waals surface area (Å²) < 4.78 is 12.8. The molecule has 2 N–H and O–H groups in total. The first-order valence-electron chi connectivity index (χ1n) is 4.87. The Morgan fingerprint density at radius 3 is 2.60 bits per heavy atom. The number of pyridine rings is 1. The van der Waals surface area contributed by atoms with E-state index in [2.05, 4.69) is 4.98 Å². The van der Waals surface area contributed by atoms with Gasteiger partial charge in [0, 0.05) is 19.7 Å². The number of hydrogen-bond acceptors (Lipinski definition) is 4. The minimum atomic E-state index is -0.542. The fourth-order valence-electron chi connectivity index (χ4n) is 1.30. The number of rotatable bonds is 6. The van der Waals surface area contributed by atoms with Gasteiger partial charge >= 0.3 is 0 Å². The van der Waals surface area contributed by atoms with Crippen LogP contribution in [0.1, 0.15) is 6.42 Å². The van der Waals surface area contributed by atoms with Crippen LogP contribution in [-0.4, -0.2) is 41.5 Å². The third-order valence-electron chi connectivity index (χ3n) is 1.98. The van der Waals surface area contributed by atoms with Crippen LogP contribution in [0.4, 0.5) is 10.2 Å². The van der Waals surface area contributed by atoms with Crippen molar-refractivity contribution in [2.45, 2.75) is 6.42 Å². The maximum atomic E-state index is 12.8. The van der Waals surface area contributed by atoms with E-state index in [9.17, 15) is 4.39 Å². The molecule has 1 aromatic rings. The van der Waals surface area contributed by atoms with E-state index in [0.29, 0.717) is 25.3 Å². The summed E-state index contributed by atoms with van der Waals surface area (Å²) in [6.45, 7) is 0.977. The molecule has 0 aromatic carbocycles. The van der Waals surface area contributed by atoms with E-state index >= 15 is 0 Å². The summed E-state index contributed by atoms with van der Waals surface area (Å²) in [6, 6.07) is 4.52. The minimum Gasteiger partial charge on any atom is -0.396 e. The van der Waals surface area contributed by atoms with Crippen LogP contribution in [0, 0.1) is 5.95 Å². The maximum Gasteiger partial charge on any atom is 0.214 e. The van der Waals surface area contributed by atoms with Gasteiger partial charge in [0.25, 0.3) is 0 Å². The molecule has 0 unspecified atom stereocenters. The van der Waals surface area contributed by atoms with E-state index in [1.807, 2.05) is 0 Å². The van der Waals surface area contributed by atoms with Crippen molar-refractivity contribution < 1.29 is 14.6 Å². The predicted molar refractivity (Wildman–Crippen MR) is 55.2 cm³/mol. The largest absolute Gasteiger partial charge is 0.396 e. The average molecular weight is 214 g/mol. The van der Waals surface area contributed by atoms with Crippen LogP contribution >= 0.6 is 0 Å². The summed E-state index contributed by atoms with van der Waals surface area (Å²) in [5, 5.41) is 17.5. The second kappa shape index (κ2) is 6.31. The molecule has 1 rings (SSSR count). The molecule has 0 spiro atoms. The smallest absolute Gasteiger partial charge is 0.214 e. The van der Waals surface area contributed by atoms with Gasteiger partial charge in [-0.1, -0.05) is 6.07 Å². The van der Waals surface area contributed by atoms with Gasteiger partial charge in [0.05, 0.1) is 6.61 Å². The van der Waals surface area contributed by atoms with Crippen LogP contribution in [0.3, 0.4) is 0 Å². The summed E-state index contributed by atoms with van der Waals surface area (Å²) in [7, 11) is 0. The number of aromatic nitrogens is 1. The molecular formula is C10H15FN2O2. The molecule has 5 heteroatoms. The molecule has 1 aromatic heterocycles. The highest BCUT2D eigenvalue weighted by Crippen LogP contribution is 2.10. The van der Waals surface area contributed by atoms with Crippen LogP contribution in [0.15, 0.2) is 18.2 Å². The highest BCUT2D eigenvalue weighted by molar-refractivity contribution is 5.37. The topological polar surface area (TPSA) is 56.6 Å². The SMILES string of the molecule is OCCCN(CCO)c1cccc(F)n1. The molecule has 0 amide bonds. The lowest BCUT2D eigenvalue weighted by atomic mass is 10.3. The van der Waals surface area contributed by atoms with Gasteiger partial charge in [-0.05, 0) is 18.6 Å². The fourth-order valence-corrected chi connectivity index (χ4v) is 1.30. The monoisotopic (exact) mass is 214 g/mol. The zero-order valence-corrected chi connectivity index (χ0v) is 8.43. The summed E-state index contributed by atoms with van der Waals surface area (Å²) in [5.41, 5.74) is 0. The zero-order valence-electron chi connectivity index (χ0n) is 8.43. The van der Waals surface area contributed by atoms with Crippen molar-refractivity contribution >= 4 is 5.82 Å². The maximum absolute atomic E-state index is 12.8. The molecule has 0 atom stereocenters. The van der Waals surface area contributed by atoms with Crippen molar-refractivity contribution in [3.63, 3.8) is 0 Å². The number of anilines is 1. The Labute approximate surface area is 88.0 Å². The molecule has 4 nitrogen and oxygen atoms in total. The number of halogens is 1. The summed E-state index contributed by atoms with van der Waals surface area (Å²) in [4.78, 5) is 5.45. The van der Waals surface area contributed by atoms with E-state index in [1.54, 1.807) is 17.0 Å². The first-order valence-corrected chi connectivity index (χ1v) is 4.87. The van der Waals surface area contributed by atoms with Gasteiger partial charge in [-0.2, -0.15) is 4.39 Å². The quantitative estimate of drug-likeness (QED) is 0.673. The lowest BCUT2D eigenvalue weighted by Gasteiger charge is -2.22. The minimum absolute atomic E-state index is 0.0242. The van der Waals surface area contributed by atoms with Crippen LogP contribution in [0.25, 0.3) is 0 Å². The van der Waals surface area contributed by atoms with Gasteiger partial charge in [0.15, 0.2) is 0 Å². The van der Waals surface area contributed by atoms with Crippen LogP contribution in [0.5, 0.6) is 0 Å². The van der Waals surface area contributed by atoms with Crippen molar-refractivity contribution in [3.05, 3.63) is 24.1 Å². The second-order valence-electron chi connectivity index (χ2n) is 3.11.